The minimum atomic E-state index is -0.530. The quantitative estimate of drug-likeness (QED) is 0.712. The zero-order valence-corrected chi connectivity index (χ0v) is 7.40. The molecule has 0 saturated heterocycles. The summed E-state index contributed by atoms with van der Waals surface area (Å²) in [7, 11) is 0. The van der Waals surface area contributed by atoms with Crippen LogP contribution in [0.5, 0.6) is 5.75 Å². The predicted molar refractivity (Wildman–Crippen MR) is 54.1 cm³/mol. The van der Waals surface area contributed by atoms with E-state index in [-0.39, 0.29) is 5.75 Å². The first-order chi connectivity index (χ1) is 6.70. The number of fused-ring (bicyclic) bond motifs is 1. The van der Waals surface area contributed by atoms with Crippen LogP contribution in [-0.2, 0) is 0 Å². The number of primary amides is 1. The molecule has 0 atom stereocenters. The number of hydrogen-bond donors (Lipinski definition) is 2. The van der Waals surface area contributed by atoms with Gasteiger partial charge in [-0.2, -0.15) is 0 Å². The molecule has 0 aromatic heterocycles. The summed E-state index contributed by atoms with van der Waals surface area (Å²) in [6, 6.07) is 10.2. The Morgan fingerprint density at radius 3 is 2.43 bits per heavy atom. The lowest BCUT2D eigenvalue weighted by Crippen LogP contribution is -2.11. The third-order valence-corrected chi connectivity index (χ3v) is 2.15. The van der Waals surface area contributed by atoms with Crippen LogP contribution in [0.3, 0.4) is 0 Å². The number of phenols is 1. The number of nitrogens with two attached hydrogens (primary N) is 1. The van der Waals surface area contributed by atoms with Crippen LogP contribution in [0.4, 0.5) is 0 Å². The maximum absolute atomic E-state index is 11.1. The summed E-state index contributed by atoms with van der Waals surface area (Å²) in [6.07, 6.45) is 0. The van der Waals surface area contributed by atoms with Crippen molar-refractivity contribution < 1.29 is 9.90 Å². The van der Waals surface area contributed by atoms with Crippen molar-refractivity contribution in [2.75, 3.05) is 0 Å². The lowest BCUT2D eigenvalue weighted by atomic mass is 10.0. The Hall–Kier alpha value is -2.03. The second kappa shape index (κ2) is 3.03. The van der Waals surface area contributed by atoms with Crippen LogP contribution < -0.4 is 5.73 Å². The van der Waals surface area contributed by atoms with Crippen molar-refractivity contribution in [2.45, 2.75) is 0 Å². The van der Waals surface area contributed by atoms with E-state index in [1.165, 1.54) is 6.07 Å². The van der Waals surface area contributed by atoms with Gasteiger partial charge in [0.1, 0.15) is 5.75 Å². The number of hydrogen-bond acceptors (Lipinski definition) is 2. The second-order valence-electron chi connectivity index (χ2n) is 3.05. The van der Waals surface area contributed by atoms with E-state index >= 15 is 0 Å². The summed E-state index contributed by atoms with van der Waals surface area (Å²) in [6.45, 7) is 0. The van der Waals surface area contributed by atoms with Gasteiger partial charge in [0.05, 0.1) is 5.56 Å². The van der Waals surface area contributed by atoms with Crippen LogP contribution in [0.1, 0.15) is 10.4 Å². The first kappa shape index (κ1) is 8.56. The van der Waals surface area contributed by atoms with E-state index in [9.17, 15) is 9.90 Å². The van der Waals surface area contributed by atoms with Crippen molar-refractivity contribution >= 4 is 16.7 Å². The molecule has 2 rings (SSSR count). The number of benzene rings is 2. The molecule has 70 valence electrons. The van der Waals surface area contributed by atoms with Gasteiger partial charge in [0, 0.05) is 5.39 Å². The second-order valence-corrected chi connectivity index (χ2v) is 3.05. The van der Waals surface area contributed by atoms with E-state index in [4.69, 9.17) is 5.73 Å². The molecule has 0 fully saturated rings. The minimum absolute atomic E-state index is 0.0805. The molecule has 3 nitrogen and oxygen atoms in total. The van der Waals surface area contributed by atoms with Crippen LogP contribution in [0.25, 0.3) is 10.8 Å². The van der Waals surface area contributed by atoms with Gasteiger partial charge in [-0.15, -0.1) is 0 Å². The average molecular weight is 187 g/mol. The highest BCUT2D eigenvalue weighted by molar-refractivity contribution is 6.08. The minimum Gasteiger partial charge on any atom is -0.507 e. The molecule has 0 aliphatic carbocycles. The number of carbonyl (C=O) groups is 1. The van der Waals surface area contributed by atoms with Crippen molar-refractivity contribution in [1.82, 2.24) is 0 Å². The molecular formula is C11H9NO2. The van der Waals surface area contributed by atoms with Crippen molar-refractivity contribution in [2.24, 2.45) is 5.73 Å². The monoisotopic (exact) mass is 187 g/mol. The number of amides is 1. The molecule has 3 N–H and O–H groups in total. The molecule has 2 aromatic carbocycles. The summed E-state index contributed by atoms with van der Waals surface area (Å²) in [5.41, 5.74) is 5.55. The molecule has 14 heavy (non-hydrogen) atoms. The molecule has 0 saturated carbocycles. The number of phenolic OH excluding ortho intramolecular Hbond substituents is 1. The van der Waals surface area contributed by atoms with Gasteiger partial charge in [-0.3, -0.25) is 4.79 Å². The zero-order valence-electron chi connectivity index (χ0n) is 7.40. The van der Waals surface area contributed by atoms with Gasteiger partial charge in [-0.05, 0) is 17.5 Å². The van der Waals surface area contributed by atoms with Gasteiger partial charge in [0.15, 0.2) is 0 Å². The highest BCUT2D eigenvalue weighted by Gasteiger charge is 2.08. The van der Waals surface area contributed by atoms with Crippen molar-refractivity contribution in [1.29, 1.82) is 0 Å². The Morgan fingerprint density at radius 1 is 1.14 bits per heavy atom. The Morgan fingerprint density at radius 2 is 1.79 bits per heavy atom. The van der Waals surface area contributed by atoms with Gasteiger partial charge in [-0.1, -0.05) is 24.3 Å². The molecule has 1 amide bonds. The molecular weight excluding hydrogens is 178 g/mol. The fourth-order valence-corrected chi connectivity index (χ4v) is 1.53. The van der Waals surface area contributed by atoms with Crippen LogP contribution in [0.15, 0.2) is 36.4 Å². The third kappa shape index (κ3) is 1.19. The van der Waals surface area contributed by atoms with E-state index < -0.39 is 5.91 Å². The first-order valence-electron chi connectivity index (χ1n) is 4.20. The first-order valence-corrected chi connectivity index (χ1v) is 4.20. The molecule has 0 radical (unpaired) electrons. The molecule has 0 unspecified atom stereocenters. The summed E-state index contributed by atoms with van der Waals surface area (Å²) in [5, 5.41) is 10.9. The van der Waals surface area contributed by atoms with Crippen molar-refractivity contribution in [3.63, 3.8) is 0 Å². The Balaban J connectivity index is 2.91. The topological polar surface area (TPSA) is 63.3 Å². The SMILES string of the molecule is NC(=O)c1cccc2cccc(O)c12. The van der Waals surface area contributed by atoms with E-state index in [2.05, 4.69) is 0 Å². The normalized spacial score (nSPS) is 10.3. The summed E-state index contributed by atoms with van der Waals surface area (Å²) < 4.78 is 0. The summed E-state index contributed by atoms with van der Waals surface area (Å²) in [4.78, 5) is 11.1. The van der Waals surface area contributed by atoms with Crippen LogP contribution in [0, 0.1) is 0 Å². The van der Waals surface area contributed by atoms with Crippen LogP contribution in [0.2, 0.25) is 0 Å². The van der Waals surface area contributed by atoms with E-state index in [0.29, 0.717) is 10.9 Å². The van der Waals surface area contributed by atoms with E-state index in [1.807, 2.05) is 12.1 Å². The summed E-state index contributed by atoms with van der Waals surface area (Å²) >= 11 is 0. The van der Waals surface area contributed by atoms with Crippen molar-refractivity contribution in [3.8, 4) is 5.75 Å². The average Bonchev–Trinajstić information content (AvgIpc) is 2.17. The number of rotatable bonds is 1. The summed E-state index contributed by atoms with van der Waals surface area (Å²) in [5.74, 6) is -0.450. The molecule has 0 heterocycles. The van der Waals surface area contributed by atoms with Gasteiger partial charge in [0.25, 0.3) is 0 Å². The molecule has 3 heteroatoms. The highest BCUT2D eigenvalue weighted by Crippen LogP contribution is 2.27. The number of carbonyl (C=O) groups excluding carboxylic acids is 1. The maximum atomic E-state index is 11.1. The standard InChI is InChI=1S/C11H9NO2/c12-11(14)8-5-1-3-7-4-2-6-9(13)10(7)8/h1-6,13H,(H2,12,14). The lowest BCUT2D eigenvalue weighted by molar-refractivity contribution is 0.100. The van der Waals surface area contributed by atoms with Gasteiger partial charge >= 0.3 is 0 Å². The Kier molecular flexibility index (Phi) is 1.85. The van der Waals surface area contributed by atoms with Crippen LogP contribution in [-0.4, -0.2) is 11.0 Å². The fraction of sp³-hybridized carbons (Fsp3) is 0. The van der Waals surface area contributed by atoms with Gasteiger partial charge in [-0.25, -0.2) is 0 Å². The van der Waals surface area contributed by atoms with E-state index in [1.54, 1.807) is 18.2 Å². The lowest BCUT2D eigenvalue weighted by Gasteiger charge is -2.04. The third-order valence-electron chi connectivity index (χ3n) is 2.15. The Labute approximate surface area is 80.8 Å². The number of aromatic hydroxyl groups is 1. The van der Waals surface area contributed by atoms with Crippen molar-refractivity contribution in [3.05, 3.63) is 42.0 Å². The largest absolute Gasteiger partial charge is 0.507 e. The zero-order chi connectivity index (χ0) is 10.1. The highest BCUT2D eigenvalue weighted by atomic mass is 16.3. The van der Waals surface area contributed by atoms with Crippen LogP contribution >= 0.6 is 0 Å². The molecule has 0 aliphatic heterocycles. The predicted octanol–water partition coefficient (Wildman–Crippen LogP) is 1.64. The fourth-order valence-electron chi connectivity index (χ4n) is 1.53. The molecule has 0 aliphatic rings. The molecule has 0 spiro atoms. The molecule has 2 aromatic rings. The smallest absolute Gasteiger partial charge is 0.249 e. The van der Waals surface area contributed by atoms with E-state index in [0.717, 1.165) is 5.39 Å². The maximum Gasteiger partial charge on any atom is 0.249 e. The van der Waals surface area contributed by atoms with Gasteiger partial charge < -0.3 is 10.8 Å². The molecule has 0 bridgehead atoms. The Bertz CT molecular complexity index is 500. The van der Waals surface area contributed by atoms with Gasteiger partial charge in [0.2, 0.25) is 5.91 Å².